The van der Waals surface area contributed by atoms with Crippen LogP contribution in [0, 0.1) is 0 Å². The molecule has 0 aliphatic carbocycles. The van der Waals surface area contributed by atoms with E-state index in [-0.39, 0.29) is 48.9 Å². The molecule has 10 heteroatoms. The molecule has 0 bridgehead atoms. The molecular formula is C7H7BaClO6P2+2. The number of hydrogen-bond donors (Lipinski definition) is 1. The van der Waals surface area contributed by atoms with E-state index in [0.717, 1.165) is 5.56 Å². The summed E-state index contributed by atoms with van der Waals surface area (Å²) in [4.78, 5) is 18.5. The maximum atomic E-state index is 9.24. The molecule has 88 valence electrons. The van der Waals surface area contributed by atoms with Gasteiger partial charge in [0.25, 0.3) is 0 Å². The maximum absolute atomic E-state index is 9.24. The SMILES string of the molecule is O=[P+]([O-])O[P+](=O)[O-].OC(Cl)c1ccccc1.[Ba+2]. The third kappa shape index (κ3) is 13.4. The molecule has 0 radical (unpaired) electrons. The van der Waals surface area contributed by atoms with Crippen LogP contribution in [-0.4, -0.2) is 54.0 Å². The van der Waals surface area contributed by atoms with E-state index >= 15 is 0 Å². The largest absolute Gasteiger partial charge is 2.00 e. The van der Waals surface area contributed by atoms with Crippen LogP contribution < -0.4 is 9.79 Å². The van der Waals surface area contributed by atoms with Gasteiger partial charge in [0.2, 0.25) is 0 Å². The predicted octanol–water partition coefficient (Wildman–Crippen LogP) is 0.574. The van der Waals surface area contributed by atoms with E-state index in [0.29, 0.717) is 0 Å². The van der Waals surface area contributed by atoms with Crippen LogP contribution in [0.15, 0.2) is 30.3 Å². The number of rotatable bonds is 3. The van der Waals surface area contributed by atoms with Crippen molar-refractivity contribution in [2.75, 3.05) is 0 Å². The summed E-state index contributed by atoms with van der Waals surface area (Å²) in [5.41, 5.74) is -0.134. The molecule has 1 N–H and O–H groups in total. The van der Waals surface area contributed by atoms with Gasteiger partial charge in [0.1, 0.15) is 4.31 Å². The molecule has 0 aromatic heterocycles. The third-order valence-corrected chi connectivity index (χ3v) is 2.53. The summed E-state index contributed by atoms with van der Waals surface area (Å²) in [6.45, 7) is 0. The van der Waals surface area contributed by atoms with Gasteiger partial charge in [-0.05, 0) is 14.7 Å². The van der Waals surface area contributed by atoms with Gasteiger partial charge in [-0.25, -0.2) is 0 Å². The van der Waals surface area contributed by atoms with Gasteiger partial charge in [-0.2, -0.15) is 0 Å². The van der Waals surface area contributed by atoms with Crippen LogP contribution >= 0.6 is 28.1 Å². The first kappa shape index (κ1) is 20.4. The minimum absolute atomic E-state index is 0. The molecular weight excluding hydrogens is 415 g/mol. The Morgan fingerprint density at radius 3 is 1.76 bits per heavy atom. The molecule has 0 fully saturated rings. The van der Waals surface area contributed by atoms with E-state index in [9.17, 15) is 18.9 Å². The van der Waals surface area contributed by atoms with Crippen molar-refractivity contribution < 1.29 is 28.3 Å². The van der Waals surface area contributed by atoms with Crippen LogP contribution in [-0.2, 0) is 13.4 Å². The molecule has 0 aliphatic rings. The van der Waals surface area contributed by atoms with Gasteiger partial charge in [-0.3, -0.25) is 0 Å². The number of alkyl halides is 1. The first-order chi connectivity index (χ1) is 7.43. The zero-order valence-electron chi connectivity index (χ0n) is 8.43. The van der Waals surface area contributed by atoms with E-state index in [4.69, 9.17) is 16.7 Å². The van der Waals surface area contributed by atoms with Crippen LogP contribution in [0.5, 0.6) is 0 Å². The Hall–Kier alpha value is 1.12. The normalized spacial score (nSPS) is 12.5. The van der Waals surface area contributed by atoms with Crippen molar-refractivity contribution in [3.8, 4) is 0 Å². The van der Waals surface area contributed by atoms with Crippen molar-refractivity contribution >= 4 is 77.0 Å². The van der Waals surface area contributed by atoms with Gasteiger partial charge < -0.3 is 14.9 Å². The van der Waals surface area contributed by atoms with Crippen molar-refractivity contribution in [3.63, 3.8) is 0 Å². The number of benzene rings is 1. The Kier molecular flexibility index (Phi) is 14.6. The molecule has 17 heavy (non-hydrogen) atoms. The van der Waals surface area contributed by atoms with Crippen molar-refractivity contribution in [2.24, 2.45) is 0 Å². The summed E-state index contributed by atoms with van der Waals surface area (Å²) >= 11 is 5.36. The molecule has 0 saturated carbocycles. The molecule has 1 rings (SSSR count). The molecule has 6 nitrogen and oxygen atoms in total. The third-order valence-electron chi connectivity index (χ3n) is 1.21. The Labute approximate surface area is 145 Å². The Bertz CT molecular complexity index is 337. The van der Waals surface area contributed by atoms with Crippen LogP contribution in [0.25, 0.3) is 0 Å². The fourth-order valence-corrected chi connectivity index (χ4v) is 1.25. The van der Waals surface area contributed by atoms with E-state index < -0.39 is 22.1 Å². The van der Waals surface area contributed by atoms with Gasteiger partial charge in [-0.15, -0.1) is 0 Å². The fraction of sp³-hybridized carbons (Fsp3) is 0.143. The molecule has 0 saturated heterocycles. The summed E-state index contributed by atoms with van der Waals surface area (Å²) in [7, 11) is -6.47. The second-order valence-electron chi connectivity index (χ2n) is 2.28. The number of hydrogen-bond acceptors (Lipinski definition) is 6. The average molecular weight is 422 g/mol. The zero-order valence-corrected chi connectivity index (χ0v) is 15.4. The van der Waals surface area contributed by atoms with E-state index in [1.54, 1.807) is 12.1 Å². The van der Waals surface area contributed by atoms with Crippen molar-refractivity contribution in [1.82, 2.24) is 0 Å². The van der Waals surface area contributed by atoms with E-state index in [1.165, 1.54) is 0 Å². The van der Waals surface area contributed by atoms with Crippen LogP contribution in [0.3, 0.4) is 0 Å². The van der Waals surface area contributed by atoms with E-state index in [2.05, 4.69) is 4.31 Å². The molecule has 1 aromatic rings. The van der Waals surface area contributed by atoms with E-state index in [1.807, 2.05) is 18.2 Å². The first-order valence-electron chi connectivity index (χ1n) is 3.77. The Balaban J connectivity index is 0. The summed E-state index contributed by atoms with van der Waals surface area (Å²) < 4.78 is 21.6. The second kappa shape index (κ2) is 12.2. The summed E-state index contributed by atoms with van der Waals surface area (Å²) in [6.07, 6.45) is 0. The van der Waals surface area contributed by atoms with Crippen molar-refractivity contribution in [3.05, 3.63) is 35.9 Å². The van der Waals surface area contributed by atoms with Crippen LogP contribution in [0.1, 0.15) is 11.1 Å². The molecule has 0 heterocycles. The molecule has 0 spiro atoms. The molecule has 1 aromatic carbocycles. The van der Waals surface area contributed by atoms with Crippen LogP contribution in [0.4, 0.5) is 0 Å². The Morgan fingerprint density at radius 1 is 1.18 bits per heavy atom. The van der Waals surface area contributed by atoms with Gasteiger partial charge in [-0.1, -0.05) is 41.9 Å². The Morgan fingerprint density at radius 2 is 1.59 bits per heavy atom. The van der Waals surface area contributed by atoms with Crippen molar-refractivity contribution in [1.29, 1.82) is 0 Å². The van der Waals surface area contributed by atoms with Gasteiger partial charge in [0, 0.05) is 0 Å². The number of aliphatic hydroxyl groups is 1. The topological polar surface area (TPSA) is 110 Å². The van der Waals surface area contributed by atoms with Crippen LogP contribution in [0.2, 0.25) is 0 Å². The summed E-state index contributed by atoms with van der Waals surface area (Å²) in [6, 6.07) is 9.10. The van der Waals surface area contributed by atoms with Gasteiger partial charge >= 0.3 is 65.4 Å². The molecule has 3 unspecified atom stereocenters. The van der Waals surface area contributed by atoms with Gasteiger partial charge in [0.05, 0.1) is 0 Å². The zero-order chi connectivity index (χ0) is 12.6. The quantitative estimate of drug-likeness (QED) is 0.434. The molecule has 0 aliphatic heterocycles. The summed E-state index contributed by atoms with van der Waals surface area (Å²) in [5.74, 6) is 0. The first-order valence-corrected chi connectivity index (χ1v) is 6.40. The maximum Gasteiger partial charge on any atom is 2.00 e. The number of aliphatic hydroxyl groups excluding tert-OH is 1. The standard InChI is InChI=1S/C7H7ClO.Ba.O5P2/c8-7(9)6-4-2-1-3-5-6;;1-6(2)5-7(3)4/h1-5,7,9H;;/q;+2;. The average Bonchev–Trinajstić information content (AvgIpc) is 2.17. The fourth-order valence-electron chi connectivity index (χ4n) is 0.666. The minimum atomic E-state index is -3.24. The smallest absolute Gasteiger partial charge is 0.563 e. The molecule has 3 atom stereocenters. The van der Waals surface area contributed by atoms with Gasteiger partial charge in [0.15, 0.2) is 5.56 Å². The van der Waals surface area contributed by atoms with Crippen molar-refractivity contribution in [2.45, 2.75) is 5.56 Å². The monoisotopic (exact) mass is 422 g/mol. The molecule has 0 amide bonds. The number of halogens is 1. The second-order valence-corrected chi connectivity index (χ2v) is 4.24. The predicted molar refractivity (Wildman–Crippen MR) is 59.3 cm³/mol. The summed E-state index contributed by atoms with van der Waals surface area (Å²) in [5, 5.41) is 8.79. The minimum Gasteiger partial charge on any atom is -0.563 e.